The molecule has 0 spiro atoms. The van der Waals surface area contributed by atoms with Crippen LogP contribution in [0.15, 0.2) is 18.2 Å². The smallest absolute Gasteiger partial charge is 0.320 e. The molecule has 0 aromatic heterocycles. The van der Waals surface area contributed by atoms with Crippen molar-refractivity contribution in [3.05, 3.63) is 29.3 Å². The first-order valence-corrected chi connectivity index (χ1v) is 7.12. The van der Waals surface area contributed by atoms with Crippen LogP contribution in [0.1, 0.15) is 31.4 Å². The van der Waals surface area contributed by atoms with Crippen LogP contribution in [-0.4, -0.2) is 37.7 Å². The molecule has 0 saturated carbocycles. The third kappa shape index (κ3) is 5.21. The van der Waals surface area contributed by atoms with Crippen LogP contribution in [0.2, 0.25) is 0 Å². The average molecular weight is 279 g/mol. The molecule has 0 bridgehead atoms. The maximum atomic E-state index is 11.6. The Bertz CT molecular complexity index is 432. The van der Waals surface area contributed by atoms with Crippen molar-refractivity contribution in [3.8, 4) is 5.75 Å². The molecule has 20 heavy (non-hydrogen) atoms. The lowest BCUT2D eigenvalue weighted by Gasteiger charge is -2.22. The number of aryl methyl sites for hydroxylation is 1. The molecule has 0 heterocycles. The zero-order valence-corrected chi connectivity index (χ0v) is 12.9. The summed E-state index contributed by atoms with van der Waals surface area (Å²) in [7, 11) is 1.67. The van der Waals surface area contributed by atoms with Crippen molar-refractivity contribution in [2.45, 2.75) is 33.7 Å². The van der Waals surface area contributed by atoms with E-state index in [1.165, 1.54) is 5.56 Å². The zero-order valence-electron chi connectivity index (χ0n) is 12.9. The molecule has 0 amide bonds. The van der Waals surface area contributed by atoms with E-state index >= 15 is 0 Å². The Kier molecular flexibility index (Phi) is 7.09. The quantitative estimate of drug-likeness (QED) is 0.686. The number of hydrogen-bond donors (Lipinski definition) is 0. The summed E-state index contributed by atoms with van der Waals surface area (Å²) >= 11 is 0. The largest absolute Gasteiger partial charge is 0.496 e. The molecule has 0 saturated heterocycles. The maximum absolute atomic E-state index is 11.6. The third-order valence-electron chi connectivity index (χ3n) is 3.03. The van der Waals surface area contributed by atoms with Crippen molar-refractivity contribution in [3.63, 3.8) is 0 Å². The topological polar surface area (TPSA) is 38.8 Å². The Morgan fingerprint density at radius 3 is 2.65 bits per heavy atom. The lowest BCUT2D eigenvalue weighted by Crippen LogP contribution is -2.31. The van der Waals surface area contributed by atoms with E-state index in [1.54, 1.807) is 7.11 Å². The molecule has 1 aromatic carbocycles. The fraction of sp³-hybridized carbons (Fsp3) is 0.562. The Morgan fingerprint density at radius 2 is 2.05 bits per heavy atom. The monoisotopic (exact) mass is 279 g/mol. The molecule has 112 valence electrons. The SMILES string of the molecule is CCCN(CC(=O)OCC)Cc1cc(C)ccc1OC. The van der Waals surface area contributed by atoms with Gasteiger partial charge in [0.2, 0.25) is 0 Å². The minimum absolute atomic E-state index is 0.174. The number of nitrogens with zero attached hydrogens (tertiary/aromatic N) is 1. The minimum Gasteiger partial charge on any atom is -0.496 e. The summed E-state index contributed by atoms with van der Waals surface area (Å²) in [6.07, 6.45) is 0.994. The standard InChI is InChI=1S/C16H25NO3/c1-5-9-17(12-16(18)20-6-2)11-14-10-13(3)7-8-15(14)19-4/h7-8,10H,5-6,9,11-12H2,1-4H3. The Morgan fingerprint density at radius 1 is 1.30 bits per heavy atom. The highest BCUT2D eigenvalue weighted by Crippen LogP contribution is 2.21. The van der Waals surface area contributed by atoms with Gasteiger partial charge in [0.15, 0.2) is 0 Å². The van der Waals surface area contributed by atoms with Crippen LogP contribution in [0.3, 0.4) is 0 Å². The van der Waals surface area contributed by atoms with E-state index in [4.69, 9.17) is 9.47 Å². The van der Waals surface area contributed by atoms with Gasteiger partial charge in [0, 0.05) is 12.1 Å². The summed E-state index contributed by atoms with van der Waals surface area (Å²) in [6, 6.07) is 6.10. The summed E-state index contributed by atoms with van der Waals surface area (Å²) in [6.45, 7) is 8.27. The van der Waals surface area contributed by atoms with E-state index in [0.717, 1.165) is 24.3 Å². The molecule has 0 aliphatic rings. The molecule has 1 rings (SSSR count). The van der Waals surface area contributed by atoms with Gasteiger partial charge in [0.1, 0.15) is 5.75 Å². The molecule has 0 fully saturated rings. The fourth-order valence-corrected chi connectivity index (χ4v) is 2.19. The van der Waals surface area contributed by atoms with Crippen molar-refractivity contribution in [2.75, 3.05) is 26.8 Å². The number of carbonyl (C=O) groups excluding carboxylic acids is 1. The van der Waals surface area contributed by atoms with Crippen molar-refractivity contribution in [1.29, 1.82) is 0 Å². The second-order valence-corrected chi connectivity index (χ2v) is 4.83. The molecule has 4 nitrogen and oxygen atoms in total. The van der Waals surface area contributed by atoms with Gasteiger partial charge in [0.25, 0.3) is 0 Å². The highest BCUT2D eigenvalue weighted by Gasteiger charge is 2.13. The van der Waals surface area contributed by atoms with Crippen LogP contribution in [0, 0.1) is 6.92 Å². The Balaban J connectivity index is 2.78. The number of methoxy groups -OCH3 is 1. The van der Waals surface area contributed by atoms with Gasteiger partial charge in [0.05, 0.1) is 20.3 Å². The van der Waals surface area contributed by atoms with Gasteiger partial charge in [-0.25, -0.2) is 0 Å². The first kappa shape index (κ1) is 16.5. The van der Waals surface area contributed by atoms with Gasteiger partial charge in [-0.2, -0.15) is 0 Å². The van der Waals surface area contributed by atoms with Gasteiger partial charge in [-0.3, -0.25) is 9.69 Å². The van der Waals surface area contributed by atoms with Crippen LogP contribution in [0.4, 0.5) is 0 Å². The van der Waals surface area contributed by atoms with Crippen molar-refractivity contribution < 1.29 is 14.3 Å². The number of ether oxygens (including phenoxy) is 2. The minimum atomic E-state index is -0.174. The highest BCUT2D eigenvalue weighted by atomic mass is 16.5. The Labute approximate surface area is 121 Å². The third-order valence-corrected chi connectivity index (χ3v) is 3.03. The van der Waals surface area contributed by atoms with Gasteiger partial charge < -0.3 is 9.47 Å². The molecule has 0 aliphatic heterocycles. The zero-order chi connectivity index (χ0) is 15.0. The normalized spacial score (nSPS) is 10.7. The molecule has 0 unspecified atom stereocenters. The average Bonchev–Trinajstić information content (AvgIpc) is 2.39. The number of carbonyl (C=O) groups is 1. The van der Waals surface area contributed by atoms with Crippen LogP contribution < -0.4 is 4.74 Å². The lowest BCUT2D eigenvalue weighted by atomic mass is 10.1. The van der Waals surface area contributed by atoms with E-state index in [2.05, 4.69) is 24.8 Å². The van der Waals surface area contributed by atoms with E-state index in [1.807, 2.05) is 19.1 Å². The predicted molar refractivity (Wildman–Crippen MR) is 79.9 cm³/mol. The molecule has 4 heteroatoms. The number of hydrogen-bond acceptors (Lipinski definition) is 4. The van der Waals surface area contributed by atoms with Gasteiger partial charge in [-0.05, 0) is 32.9 Å². The summed E-state index contributed by atoms with van der Waals surface area (Å²) < 4.78 is 10.4. The van der Waals surface area contributed by atoms with Crippen LogP contribution in [0.25, 0.3) is 0 Å². The van der Waals surface area contributed by atoms with Crippen molar-refractivity contribution >= 4 is 5.97 Å². The van der Waals surface area contributed by atoms with E-state index < -0.39 is 0 Å². The highest BCUT2D eigenvalue weighted by molar-refractivity contribution is 5.71. The molecule has 0 radical (unpaired) electrons. The number of benzene rings is 1. The summed E-state index contributed by atoms with van der Waals surface area (Å²) in [5, 5.41) is 0. The second-order valence-electron chi connectivity index (χ2n) is 4.83. The summed E-state index contributed by atoms with van der Waals surface area (Å²) in [5.74, 6) is 0.688. The van der Waals surface area contributed by atoms with Gasteiger partial charge in [-0.1, -0.05) is 24.6 Å². The first-order valence-electron chi connectivity index (χ1n) is 7.12. The van der Waals surface area contributed by atoms with Crippen molar-refractivity contribution in [2.24, 2.45) is 0 Å². The predicted octanol–water partition coefficient (Wildman–Crippen LogP) is 2.78. The van der Waals surface area contributed by atoms with E-state index in [0.29, 0.717) is 19.7 Å². The summed E-state index contributed by atoms with van der Waals surface area (Å²) in [4.78, 5) is 13.7. The van der Waals surface area contributed by atoms with Crippen LogP contribution in [0.5, 0.6) is 5.75 Å². The van der Waals surface area contributed by atoms with E-state index in [-0.39, 0.29) is 5.97 Å². The van der Waals surface area contributed by atoms with Crippen LogP contribution in [-0.2, 0) is 16.1 Å². The molecule has 0 atom stereocenters. The molecular weight excluding hydrogens is 254 g/mol. The number of esters is 1. The second kappa shape index (κ2) is 8.59. The van der Waals surface area contributed by atoms with E-state index in [9.17, 15) is 4.79 Å². The lowest BCUT2D eigenvalue weighted by molar-refractivity contribution is -0.144. The number of rotatable bonds is 8. The van der Waals surface area contributed by atoms with Gasteiger partial charge >= 0.3 is 5.97 Å². The van der Waals surface area contributed by atoms with Crippen molar-refractivity contribution in [1.82, 2.24) is 4.90 Å². The molecule has 0 N–H and O–H groups in total. The van der Waals surface area contributed by atoms with Crippen LogP contribution >= 0.6 is 0 Å². The molecule has 0 aliphatic carbocycles. The Hall–Kier alpha value is -1.55. The first-order chi connectivity index (χ1) is 9.60. The maximum Gasteiger partial charge on any atom is 0.320 e. The molecular formula is C16H25NO3. The van der Waals surface area contributed by atoms with Gasteiger partial charge in [-0.15, -0.1) is 0 Å². The summed E-state index contributed by atoms with van der Waals surface area (Å²) in [5.41, 5.74) is 2.29. The fourth-order valence-electron chi connectivity index (χ4n) is 2.19. The molecule has 1 aromatic rings.